The van der Waals surface area contributed by atoms with Gasteiger partial charge in [-0.1, -0.05) is 17.3 Å². The third-order valence-electron chi connectivity index (χ3n) is 6.55. The highest BCUT2D eigenvalue weighted by molar-refractivity contribution is 7.80. The number of oxime groups is 1. The number of carboxylic acid groups (broad SMARTS) is 1. The van der Waals surface area contributed by atoms with Crippen LogP contribution in [-0.2, 0) is 33.9 Å². The molecule has 42 heavy (non-hydrogen) atoms. The highest BCUT2D eigenvalue weighted by atomic mass is 32.3. The number of aliphatic carboxylic acids is 1. The molecular weight excluding hydrogens is 594 g/mol. The summed E-state index contributed by atoms with van der Waals surface area (Å²) in [6.07, 6.45) is 1.93. The van der Waals surface area contributed by atoms with Crippen LogP contribution in [0.25, 0.3) is 5.57 Å². The first-order valence-electron chi connectivity index (χ1n) is 12.3. The van der Waals surface area contributed by atoms with Crippen LogP contribution in [-0.4, -0.2) is 94.1 Å². The molecule has 3 heterocycles. The summed E-state index contributed by atoms with van der Waals surface area (Å²) in [5.41, 5.74) is 5.92. The zero-order chi connectivity index (χ0) is 30.8. The minimum Gasteiger partial charge on any atom is -0.724 e. The number of aromatic nitrogens is 1. The van der Waals surface area contributed by atoms with Gasteiger partial charge in [-0.05, 0) is 37.6 Å². The second-order valence-corrected chi connectivity index (χ2v) is 11.8. The number of amides is 1. The van der Waals surface area contributed by atoms with Crippen molar-refractivity contribution in [1.29, 1.82) is 0 Å². The molecule has 15 nitrogen and oxygen atoms in total. The number of benzene rings is 1. The van der Waals surface area contributed by atoms with E-state index in [0.717, 1.165) is 29.0 Å². The third kappa shape index (κ3) is 6.99. The van der Waals surface area contributed by atoms with Crippen LogP contribution in [0.3, 0.4) is 0 Å². The number of ketones is 1. The molecule has 3 N–H and O–H groups in total. The van der Waals surface area contributed by atoms with Crippen LogP contribution in [0.2, 0.25) is 0 Å². The molecule has 2 atom stereocenters. The Kier molecular flexibility index (Phi) is 8.76. The number of carbonyl (C=O) groups excluding carboxylic acids is 2. The Morgan fingerprint density at radius 3 is 2.55 bits per heavy atom. The number of anilines is 1. The Morgan fingerprint density at radius 1 is 1.33 bits per heavy atom. The maximum Gasteiger partial charge on any atom is 0.351 e. The Labute approximate surface area is 244 Å². The summed E-state index contributed by atoms with van der Waals surface area (Å²) < 4.78 is 44.7. The number of Topliss-reactive ketones (excluding diaryl/α,β-unsaturated/α-hetero) is 1. The van der Waals surface area contributed by atoms with Gasteiger partial charge in [0.2, 0.25) is 10.4 Å². The number of rotatable bonds is 13. The second-order valence-electron chi connectivity index (χ2n) is 9.96. The van der Waals surface area contributed by atoms with Crippen molar-refractivity contribution in [3.05, 3.63) is 47.0 Å². The molecule has 4 rings (SSSR count). The number of hydrogen-bond donors (Lipinski definition) is 2. The van der Waals surface area contributed by atoms with E-state index in [1.54, 1.807) is 12.1 Å². The van der Waals surface area contributed by atoms with Crippen LogP contribution in [0.1, 0.15) is 31.5 Å². The van der Waals surface area contributed by atoms with Crippen LogP contribution in [0, 0.1) is 5.92 Å². The minimum absolute atomic E-state index is 0.0216. The number of β-lactam (4-membered cyclic amide) rings is 1. The third-order valence-corrected chi connectivity index (χ3v) is 7.56. The van der Waals surface area contributed by atoms with Crippen molar-refractivity contribution in [2.75, 3.05) is 25.9 Å². The molecule has 0 bridgehead atoms. The van der Waals surface area contributed by atoms with E-state index in [-0.39, 0.29) is 10.8 Å². The zero-order valence-corrected chi connectivity index (χ0v) is 24.3. The first kappa shape index (κ1) is 30.8. The number of hydroxylamine groups is 2. The molecule has 224 valence electrons. The van der Waals surface area contributed by atoms with Crippen molar-refractivity contribution in [2.24, 2.45) is 11.1 Å². The second kappa shape index (κ2) is 12.0. The van der Waals surface area contributed by atoms with Crippen molar-refractivity contribution in [2.45, 2.75) is 31.9 Å². The van der Waals surface area contributed by atoms with E-state index >= 15 is 0 Å². The number of nitrogen functional groups attached to an aromatic ring is 1. The van der Waals surface area contributed by atoms with Crippen LogP contribution in [0.5, 0.6) is 5.75 Å². The van der Waals surface area contributed by atoms with E-state index in [1.165, 1.54) is 19.2 Å². The normalized spacial score (nSPS) is 19.0. The Bertz CT molecular complexity index is 1600. The lowest BCUT2D eigenvalue weighted by molar-refractivity contribution is -0.477. The average molecular weight is 622 g/mol. The Hall–Kier alpha value is -4.19. The highest BCUT2D eigenvalue weighted by Crippen LogP contribution is 2.40. The van der Waals surface area contributed by atoms with Crippen molar-refractivity contribution in [3.63, 3.8) is 0 Å². The number of carboxylic acids is 1. The molecule has 2 aliphatic heterocycles. The van der Waals surface area contributed by atoms with Gasteiger partial charge in [-0.2, -0.15) is 9.35 Å². The van der Waals surface area contributed by atoms with Gasteiger partial charge < -0.3 is 25.0 Å². The summed E-state index contributed by atoms with van der Waals surface area (Å²) >= 11 is 0.986. The van der Waals surface area contributed by atoms with Crippen LogP contribution >= 0.6 is 11.3 Å². The van der Waals surface area contributed by atoms with E-state index in [4.69, 9.17) is 15.3 Å². The molecule has 0 aliphatic carbocycles. The summed E-state index contributed by atoms with van der Waals surface area (Å²) in [7, 11) is -3.27. The van der Waals surface area contributed by atoms with Gasteiger partial charge in [0.25, 0.3) is 12.0 Å². The van der Waals surface area contributed by atoms with E-state index in [2.05, 4.69) is 20.5 Å². The summed E-state index contributed by atoms with van der Waals surface area (Å²) in [6.45, 7) is 3.15. The molecule has 0 radical (unpaired) electrons. The van der Waals surface area contributed by atoms with Crippen molar-refractivity contribution in [1.82, 2.24) is 10.0 Å². The van der Waals surface area contributed by atoms with Gasteiger partial charge in [0.1, 0.15) is 25.1 Å². The largest absolute Gasteiger partial charge is 0.724 e. The van der Waals surface area contributed by atoms with Crippen molar-refractivity contribution >= 4 is 62.0 Å². The van der Waals surface area contributed by atoms with Gasteiger partial charge in [0.05, 0.1) is 11.5 Å². The average Bonchev–Trinajstić information content (AvgIpc) is 3.55. The first-order chi connectivity index (χ1) is 19.7. The van der Waals surface area contributed by atoms with Gasteiger partial charge >= 0.3 is 5.97 Å². The fraction of sp³-hybridized carbons (Fsp3) is 0.360. The summed E-state index contributed by atoms with van der Waals surface area (Å²) in [4.78, 5) is 46.8. The van der Waals surface area contributed by atoms with Crippen LogP contribution < -0.4 is 10.5 Å². The number of thiazole rings is 1. The number of ether oxygens (including phenoxy) is 1. The molecule has 1 fully saturated rings. The molecule has 0 spiro atoms. The lowest BCUT2D eigenvalue weighted by atomic mass is 9.74. The molecular formula is C25H27N5O10S2. The summed E-state index contributed by atoms with van der Waals surface area (Å²) in [5, 5.41) is 15.3. The summed E-state index contributed by atoms with van der Waals surface area (Å²) in [6, 6.07) is 7.02. The van der Waals surface area contributed by atoms with Gasteiger partial charge in [-0.25, -0.2) is 22.8 Å². The zero-order valence-electron chi connectivity index (χ0n) is 22.6. The maximum atomic E-state index is 13.2. The predicted octanol–water partition coefficient (Wildman–Crippen LogP) is 0.676. The fourth-order valence-corrected chi connectivity index (χ4v) is 5.24. The Balaban J connectivity index is 1.46. The number of allylic oxidation sites excluding steroid dienone is 1. The summed E-state index contributed by atoms with van der Waals surface area (Å²) in [5.74, 6) is -3.82. The van der Waals surface area contributed by atoms with E-state index in [0.29, 0.717) is 10.8 Å². The lowest BCUT2D eigenvalue weighted by Gasteiger charge is -2.51. The standard InChI is InChI=1S/C25H27N5O10S2/c1-25(2)17(22(32)30(25)40-42(35,36)37)10-19(31)21(18-13-41-24(26)27-18)28-39-20(23(33)34)12-38-16-6-4-14(5-7-16)15-8-9-29(3)11-15/h4-8,11,13,17,20H,9-10,12H2,1-3H3,(H3-,26,27,33,34,35,36,37)/b28-21-/t17-,20+/m1/s1. The van der Waals surface area contributed by atoms with Crippen molar-refractivity contribution < 1.29 is 50.9 Å². The number of likely N-dealkylation sites (N-methyl/N-ethyl adjacent to an activating group) is 1. The van der Waals surface area contributed by atoms with Gasteiger partial charge in [0, 0.05) is 17.4 Å². The van der Waals surface area contributed by atoms with Crippen LogP contribution in [0.15, 0.2) is 40.9 Å². The molecule has 17 heteroatoms. The molecule has 1 saturated heterocycles. The molecule has 0 saturated carbocycles. The SMILES string of the molecule is C[N+]1=CC(c2ccc(OC[C@H](O/N=C(\C(=O)C[C@@H]3C(=O)N(OS(=O)(=O)[O-])C3(C)C)c3csc(N)n3)C(=O)O)cc2)=CC1. The van der Waals surface area contributed by atoms with Gasteiger partial charge in [0.15, 0.2) is 29.4 Å². The quantitative estimate of drug-likeness (QED) is 0.0789. The molecule has 1 aromatic carbocycles. The maximum absolute atomic E-state index is 13.2. The van der Waals surface area contributed by atoms with Crippen molar-refractivity contribution in [3.8, 4) is 5.75 Å². The molecule has 2 aliphatic rings. The molecule has 1 aromatic heterocycles. The van der Waals surface area contributed by atoms with E-state index < -0.39 is 64.4 Å². The van der Waals surface area contributed by atoms with Gasteiger partial charge in [-0.15, -0.1) is 11.3 Å². The first-order valence-corrected chi connectivity index (χ1v) is 14.6. The fourth-order valence-electron chi connectivity index (χ4n) is 4.24. The molecule has 0 unspecified atom stereocenters. The highest BCUT2D eigenvalue weighted by Gasteiger charge is 2.57. The smallest absolute Gasteiger partial charge is 0.351 e. The number of carbonyl (C=O) groups is 3. The molecule has 2 aromatic rings. The van der Waals surface area contributed by atoms with Crippen LogP contribution in [0.4, 0.5) is 5.13 Å². The van der Waals surface area contributed by atoms with E-state index in [9.17, 15) is 32.5 Å². The Morgan fingerprint density at radius 2 is 2.02 bits per heavy atom. The number of nitrogens with two attached hydrogens (primary N) is 1. The predicted molar refractivity (Wildman–Crippen MR) is 147 cm³/mol. The number of nitrogens with zero attached hydrogens (tertiary/aromatic N) is 4. The minimum atomic E-state index is -5.23. The number of hydrogen-bond acceptors (Lipinski definition) is 13. The molecule has 1 amide bonds. The van der Waals surface area contributed by atoms with Gasteiger partial charge in [-0.3, -0.25) is 9.59 Å². The van der Waals surface area contributed by atoms with E-state index in [1.807, 2.05) is 30.0 Å². The monoisotopic (exact) mass is 621 g/mol. The lowest BCUT2D eigenvalue weighted by Crippen LogP contribution is -2.68. The topological polar surface area (TPSA) is 214 Å².